The van der Waals surface area contributed by atoms with Crippen LogP contribution in [0.1, 0.15) is 66.2 Å². The van der Waals surface area contributed by atoms with E-state index in [1.165, 1.54) is 38.5 Å². The Bertz CT molecular complexity index is 201. The molecule has 18 heavy (non-hydrogen) atoms. The summed E-state index contributed by atoms with van der Waals surface area (Å²) < 4.78 is 5.75. The van der Waals surface area contributed by atoms with Crippen LogP contribution in [0, 0.1) is 11.3 Å². The molecule has 2 nitrogen and oxygen atoms in total. The minimum absolute atomic E-state index is 0.499. The second kappa shape index (κ2) is 8.16. The zero-order chi connectivity index (χ0) is 13.4. The molecule has 2 heteroatoms. The van der Waals surface area contributed by atoms with E-state index < -0.39 is 0 Å². The molecule has 1 aliphatic rings. The molecule has 1 rings (SSSR count). The lowest BCUT2D eigenvalue weighted by Gasteiger charge is -2.39. The molecule has 1 fully saturated rings. The predicted molar refractivity (Wildman–Crippen MR) is 78.9 cm³/mol. The van der Waals surface area contributed by atoms with Gasteiger partial charge >= 0.3 is 0 Å². The quantitative estimate of drug-likeness (QED) is 0.672. The van der Waals surface area contributed by atoms with Crippen molar-refractivity contribution >= 4 is 0 Å². The van der Waals surface area contributed by atoms with E-state index in [4.69, 9.17) is 4.74 Å². The molecule has 0 saturated heterocycles. The van der Waals surface area contributed by atoms with Gasteiger partial charge in [0.2, 0.25) is 0 Å². The van der Waals surface area contributed by atoms with Gasteiger partial charge < -0.3 is 10.1 Å². The lowest BCUT2D eigenvalue weighted by molar-refractivity contribution is 0.0529. The molecule has 0 bridgehead atoms. The van der Waals surface area contributed by atoms with Crippen LogP contribution in [-0.2, 0) is 4.74 Å². The summed E-state index contributed by atoms with van der Waals surface area (Å²) in [5.74, 6) is 0.788. The number of hydrogen-bond acceptors (Lipinski definition) is 2. The summed E-state index contributed by atoms with van der Waals surface area (Å²) in [5.41, 5.74) is 0.499. The molecule has 0 amide bonds. The van der Waals surface area contributed by atoms with Crippen molar-refractivity contribution in [3.63, 3.8) is 0 Å². The molecule has 0 heterocycles. The van der Waals surface area contributed by atoms with Crippen LogP contribution < -0.4 is 5.32 Å². The van der Waals surface area contributed by atoms with Gasteiger partial charge in [0.15, 0.2) is 0 Å². The molecular weight excluding hydrogens is 222 g/mol. The highest BCUT2D eigenvalue weighted by Crippen LogP contribution is 2.46. The lowest BCUT2D eigenvalue weighted by Crippen LogP contribution is -2.48. The number of rotatable bonds is 9. The van der Waals surface area contributed by atoms with Gasteiger partial charge in [-0.1, -0.05) is 33.6 Å². The highest BCUT2D eigenvalue weighted by Gasteiger charge is 2.41. The highest BCUT2D eigenvalue weighted by atomic mass is 16.5. The molecule has 108 valence electrons. The van der Waals surface area contributed by atoms with Crippen LogP contribution in [0.2, 0.25) is 0 Å². The first-order valence-corrected chi connectivity index (χ1v) is 7.95. The topological polar surface area (TPSA) is 21.3 Å². The van der Waals surface area contributed by atoms with Gasteiger partial charge in [-0.05, 0) is 50.5 Å². The monoisotopic (exact) mass is 255 g/mol. The van der Waals surface area contributed by atoms with Crippen molar-refractivity contribution < 1.29 is 4.74 Å². The normalized spacial score (nSPS) is 20.5. The van der Waals surface area contributed by atoms with Crippen molar-refractivity contribution in [1.29, 1.82) is 0 Å². The molecule has 0 aliphatic heterocycles. The molecule has 1 N–H and O–H groups in total. The predicted octanol–water partition coefficient (Wildman–Crippen LogP) is 4.00. The molecule has 0 aromatic heterocycles. The number of nitrogens with one attached hydrogen (secondary N) is 1. The number of hydrogen-bond donors (Lipinski definition) is 1. The van der Waals surface area contributed by atoms with Crippen LogP contribution >= 0.6 is 0 Å². The van der Waals surface area contributed by atoms with Crippen molar-refractivity contribution in [2.75, 3.05) is 19.8 Å². The van der Waals surface area contributed by atoms with Gasteiger partial charge in [0, 0.05) is 12.6 Å². The van der Waals surface area contributed by atoms with Gasteiger partial charge in [0.05, 0.1) is 6.61 Å². The summed E-state index contributed by atoms with van der Waals surface area (Å²) in [7, 11) is 0. The fourth-order valence-electron chi connectivity index (χ4n) is 3.59. The third-order valence-electron chi connectivity index (χ3n) is 4.28. The van der Waals surface area contributed by atoms with E-state index in [0.717, 1.165) is 25.7 Å². The molecular formula is C16H33NO. The summed E-state index contributed by atoms with van der Waals surface area (Å²) in [4.78, 5) is 0. The third-order valence-corrected chi connectivity index (χ3v) is 4.28. The molecule has 1 saturated carbocycles. The van der Waals surface area contributed by atoms with E-state index in [1.807, 2.05) is 0 Å². The van der Waals surface area contributed by atoms with E-state index in [9.17, 15) is 0 Å². The summed E-state index contributed by atoms with van der Waals surface area (Å²) >= 11 is 0. The molecule has 0 aromatic carbocycles. The molecule has 1 atom stereocenters. The molecule has 0 radical (unpaired) electrons. The Morgan fingerprint density at radius 1 is 1.17 bits per heavy atom. The van der Waals surface area contributed by atoms with Crippen LogP contribution in [0.5, 0.6) is 0 Å². The van der Waals surface area contributed by atoms with Crippen molar-refractivity contribution in [3.05, 3.63) is 0 Å². The minimum atomic E-state index is 0.499. The maximum Gasteiger partial charge on any atom is 0.0624 e. The molecule has 1 unspecified atom stereocenters. The fraction of sp³-hybridized carbons (Fsp3) is 1.00. The summed E-state index contributed by atoms with van der Waals surface area (Å²) in [5, 5.41) is 3.77. The Labute approximate surface area is 114 Å². The third kappa shape index (κ3) is 4.55. The van der Waals surface area contributed by atoms with Crippen LogP contribution in [0.4, 0.5) is 0 Å². The van der Waals surface area contributed by atoms with Crippen molar-refractivity contribution in [1.82, 2.24) is 5.32 Å². The van der Waals surface area contributed by atoms with Crippen molar-refractivity contribution in [2.24, 2.45) is 11.3 Å². The second-order valence-electron chi connectivity index (χ2n) is 6.33. The molecule has 0 aromatic rings. The first-order chi connectivity index (χ1) is 8.64. The van der Waals surface area contributed by atoms with Gasteiger partial charge in [-0.2, -0.15) is 0 Å². The average molecular weight is 255 g/mol. The van der Waals surface area contributed by atoms with Crippen LogP contribution in [0.3, 0.4) is 0 Å². The Balaban J connectivity index is 2.68. The Morgan fingerprint density at radius 2 is 1.83 bits per heavy atom. The number of ether oxygens (including phenoxy) is 1. The SMILES string of the molecule is CCCNC(COCC)C1(CC(C)C)CCCC1. The van der Waals surface area contributed by atoms with Gasteiger partial charge in [-0.3, -0.25) is 0 Å². The van der Waals surface area contributed by atoms with Crippen LogP contribution in [0.25, 0.3) is 0 Å². The molecule has 0 spiro atoms. The maximum atomic E-state index is 5.75. The van der Waals surface area contributed by atoms with E-state index in [-0.39, 0.29) is 0 Å². The van der Waals surface area contributed by atoms with E-state index >= 15 is 0 Å². The largest absolute Gasteiger partial charge is 0.380 e. The molecule has 1 aliphatic carbocycles. The van der Waals surface area contributed by atoms with Crippen LogP contribution in [0.15, 0.2) is 0 Å². The standard InChI is InChI=1S/C16H33NO/c1-5-11-17-15(13-18-6-2)16(12-14(3)4)9-7-8-10-16/h14-15,17H,5-13H2,1-4H3. The second-order valence-corrected chi connectivity index (χ2v) is 6.33. The van der Waals surface area contributed by atoms with Crippen molar-refractivity contribution in [3.8, 4) is 0 Å². The van der Waals surface area contributed by atoms with Gasteiger partial charge in [0.25, 0.3) is 0 Å². The Kier molecular flexibility index (Phi) is 7.25. The smallest absolute Gasteiger partial charge is 0.0624 e. The van der Waals surface area contributed by atoms with Crippen molar-refractivity contribution in [2.45, 2.75) is 72.3 Å². The van der Waals surface area contributed by atoms with E-state index in [1.54, 1.807) is 0 Å². The van der Waals surface area contributed by atoms with Crippen LogP contribution in [-0.4, -0.2) is 25.8 Å². The lowest BCUT2D eigenvalue weighted by atomic mass is 9.72. The highest BCUT2D eigenvalue weighted by molar-refractivity contribution is 4.95. The van der Waals surface area contributed by atoms with Gasteiger partial charge in [-0.15, -0.1) is 0 Å². The van der Waals surface area contributed by atoms with Gasteiger partial charge in [-0.25, -0.2) is 0 Å². The zero-order valence-corrected chi connectivity index (χ0v) is 12.9. The average Bonchev–Trinajstić information content (AvgIpc) is 2.77. The van der Waals surface area contributed by atoms with Gasteiger partial charge in [0.1, 0.15) is 0 Å². The summed E-state index contributed by atoms with van der Waals surface area (Å²) in [6, 6.07) is 0.558. The minimum Gasteiger partial charge on any atom is -0.380 e. The first-order valence-electron chi connectivity index (χ1n) is 7.95. The fourth-order valence-corrected chi connectivity index (χ4v) is 3.59. The zero-order valence-electron chi connectivity index (χ0n) is 12.9. The Hall–Kier alpha value is -0.0800. The van der Waals surface area contributed by atoms with E-state index in [0.29, 0.717) is 11.5 Å². The summed E-state index contributed by atoms with van der Waals surface area (Å²) in [6.07, 6.45) is 8.15. The Morgan fingerprint density at radius 3 is 2.33 bits per heavy atom. The van der Waals surface area contributed by atoms with E-state index in [2.05, 4.69) is 33.0 Å². The maximum absolute atomic E-state index is 5.75. The first kappa shape index (κ1) is 16.0. The summed E-state index contributed by atoms with van der Waals surface area (Å²) in [6.45, 7) is 11.9.